The molecule has 1 saturated heterocycles. The molecule has 78 valence electrons. The fourth-order valence-electron chi connectivity index (χ4n) is 1.13. The van der Waals surface area contributed by atoms with Crippen molar-refractivity contribution in [2.75, 3.05) is 18.8 Å². The molecule has 0 bridgehead atoms. The molecule has 5 heteroatoms. The molecule has 0 saturated carbocycles. The zero-order valence-corrected chi connectivity index (χ0v) is 8.82. The molecule has 0 aliphatic carbocycles. The van der Waals surface area contributed by atoms with Crippen LogP contribution in [0, 0.1) is 0 Å². The number of halogens is 1. The van der Waals surface area contributed by atoms with Gasteiger partial charge in [-0.2, -0.15) is 0 Å². The van der Waals surface area contributed by atoms with Gasteiger partial charge < -0.3 is 5.32 Å². The average Bonchev–Trinajstić information content (AvgIpc) is 1.97. The smallest absolute Gasteiger partial charge is 0.152 e. The molecule has 0 spiro atoms. The third-order valence-electron chi connectivity index (χ3n) is 2.44. The van der Waals surface area contributed by atoms with Gasteiger partial charge in [0.1, 0.15) is 5.67 Å². The highest BCUT2D eigenvalue weighted by molar-refractivity contribution is 7.91. The van der Waals surface area contributed by atoms with E-state index in [1.165, 1.54) is 0 Å². The second-order valence-electron chi connectivity index (χ2n) is 3.92. The fraction of sp³-hybridized carbons (Fsp3) is 1.00. The van der Waals surface area contributed by atoms with Gasteiger partial charge in [-0.1, -0.05) is 0 Å². The van der Waals surface area contributed by atoms with Gasteiger partial charge in [0, 0.05) is 13.1 Å². The van der Waals surface area contributed by atoms with Gasteiger partial charge in [0.15, 0.2) is 9.84 Å². The Kier molecular flexibility index (Phi) is 2.97. The van der Waals surface area contributed by atoms with Gasteiger partial charge in [0.05, 0.1) is 11.0 Å². The van der Waals surface area contributed by atoms with Crippen LogP contribution >= 0.6 is 0 Å². The summed E-state index contributed by atoms with van der Waals surface area (Å²) in [6.07, 6.45) is 0.126. The van der Waals surface area contributed by atoms with E-state index < -0.39 is 20.8 Å². The van der Waals surface area contributed by atoms with E-state index in [0.717, 1.165) is 0 Å². The Morgan fingerprint density at radius 1 is 1.46 bits per heavy atom. The molecule has 13 heavy (non-hydrogen) atoms. The molecule has 0 unspecified atom stereocenters. The molecule has 0 aromatic carbocycles. The zero-order valence-electron chi connectivity index (χ0n) is 8.01. The molecule has 0 amide bonds. The number of rotatable bonds is 4. The molecular formula is C8H16FNO2S. The van der Waals surface area contributed by atoms with Crippen molar-refractivity contribution in [3.63, 3.8) is 0 Å². The first kappa shape index (κ1) is 10.9. The van der Waals surface area contributed by atoms with Crippen LogP contribution in [-0.4, -0.2) is 38.2 Å². The Labute approximate surface area is 78.6 Å². The highest BCUT2D eigenvalue weighted by Gasteiger charge is 2.38. The van der Waals surface area contributed by atoms with E-state index in [0.29, 0.717) is 13.1 Å². The van der Waals surface area contributed by atoms with Crippen LogP contribution in [0.2, 0.25) is 0 Å². The summed E-state index contributed by atoms with van der Waals surface area (Å²) >= 11 is 0. The topological polar surface area (TPSA) is 46.2 Å². The van der Waals surface area contributed by atoms with Crippen molar-refractivity contribution in [3.05, 3.63) is 0 Å². The first-order valence-corrected chi connectivity index (χ1v) is 6.18. The van der Waals surface area contributed by atoms with Gasteiger partial charge in [-0.3, -0.25) is 0 Å². The number of alkyl halides is 1. The molecule has 1 aliphatic heterocycles. The third kappa shape index (κ3) is 2.64. The number of hydrogen-bond acceptors (Lipinski definition) is 3. The maximum Gasteiger partial charge on any atom is 0.152 e. The normalized spacial score (nSPS) is 21.5. The van der Waals surface area contributed by atoms with Gasteiger partial charge in [-0.25, -0.2) is 12.8 Å². The van der Waals surface area contributed by atoms with Gasteiger partial charge in [0.2, 0.25) is 0 Å². The minimum atomic E-state index is -3.08. The van der Waals surface area contributed by atoms with E-state index in [1.807, 2.05) is 0 Å². The lowest BCUT2D eigenvalue weighted by atomic mass is 9.97. The minimum Gasteiger partial charge on any atom is -0.310 e. The molecule has 0 aromatic heterocycles. The Morgan fingerprint density at radius 3 is 2.31 bits per heavy atom. The highest BCUT2D eigenvalue weighted by atomic mass is 32.2. The average molecular weight is 209 g/mol. The van der Waals surface area contributed by atoms with Crippen molar-refractivity contribution < 1.29 is 12.8 Å². The lowest BCUT2D eigenvalue weighted by Crippen LogP contribution is -2.57. The second-order valence-corrected chi connectivity index (χ2v) is 6.60. The molecule has 1 N–H and O–H groups in total. The van der Waals surface area contributed by atoms with E-state index in [9.17, 15) is 12.8 Å². The van der Waals surface area contributed by atoms with Crippen molar-refractivity contribution in [1.29, 1.82) is 0 Å². The summed E-state index contributed by atoms with van der Waals surface area (Å²) < 4.78 is 36.0. The van der Waals surface area contributed by atoms with Crippen molar-refractivity contribution in [3.8, 4) is 0 Å². The molecule has 1 heterocycles. The summed E-state index contributed by atoms with van der Waals surface area (Å²) in [6, 6.07) is 0. The summed E-state index contributed by atoms with van der Waals surface area (Å²) in [4.78, 5) is 0. The summed E-state index contributed by atoms with van der Waals surface area (Å²) in [5.74, 6) is -0.0388. The van der Waals surface area contributed by atoms with Gasteiger partial charge in [-0.15, -0.1) is 0 Å². The van der Waals surface area contributed by atoms with Crippen LogP contribution in [0.1, 0.15) is 20.3 Å². The van der Waals surface area contributed by atoms with Crippen molar-refractivity contribution >= 4 is 9.84 Å². The summed E-state index contributed by atoms with van der Waals surface area (Å²) in [5, 5.41) is 2.40. The quantitative estimate of drug-likeness (QED) is 0.734. The van der Waals surface area contributed by atoms with Crippen molar-refractivity contribution in [2.45, 2.75) is 31.2 Å². The SMILES string of the molecule is CC(C)S(=O)(=O)CCC1(F)CNC1. The highest BCUT2D eigenvalue weighted by Crippen LogP contribution is 2.22. The van der Waals surface area contributed by atoms with Crippen LogP contribution in [0.15, 0.2) is 0 Å². The summed E-state index contributed by atoms with van der Waals surface area (Å²) in [7, 11) is -3.08. The standard InChI is InChI=1S/C8H16FNO2S/c1-7(2)13(11,12)4-3-8(9)5-10-6-8/h7,10H,3-6H2,1-2H3. The predicted octanol–water partition coefficient (Wildman–Crippen LogP) is 0.511. The first-order chi connectivity index (χ1) is 5.86. The Bertz CT molecular complexity index is 270. The minimum absolute atomic E-state index is 0.0388. The van der Waals surface area contributed by atoms with Crippen LogP contribution in [0.5, 0.6) is 0 Å². The van der Waals surface area contributed by atoms with Gasteiger partial charge >= 0.3 is 0 Å². The Balaban J connectivity index is 2.42. The van der Waals surface area contributed by atoms with Crippen LogP contribution in [0.25, 0.3) is 0 Å². The van der Waals surface area contributed by atoms with E-state index in [1.54, 1.807) is 13.8 Å². The lowest BCUT2D eigenvalue weighted by Gasteiger charge is -2.34. The summed E-state index contributed by atoms with van der Waals surface area (Å²) in [6.45, 7) is 3.83. The zero-order chi connectivity index (χ0) is 10.1. The second kappa shape index (κ2) is 3.53. The van der Waals surface area contributed by atoms with Crippen molar-refractivity contribution in [2.24, 2.45) is 0 Å². The van der Waals surface area contributed by atoms with E-state index in [2.05, 4.69) is 5.32 Å². The van der Waals surface area contributed by atoms with E-state index >= 15 is 0 Å². The molecule has 0 aromatic rings. The lowest BCUT2D eigenvalue weighted by molar-refractivity contribution is 0.0871. The molecule has 0 radical (unpaired) electrons. The number of sulfone groups is 1. The van der Waals surface area contributed by atoms with Gasteiger partial charge in [-0.05, 0) is 20.3 Å². The monoisotopic (exact) mass is 209 g/mol. The first-order valence-electron chi connectivity index (χ1n) is 4.47. The molecule has 0 atom stereocenters. The summed E-state index contributed by atoms with van der Waals surface area (Å²) in [5.41, 5.74) is -1.28. The molecule has 1 rings (SSSR count). The molecule has 3 nitrogen and oxygen atoms in total. The maximum absolute atomic E-state index is 13.4. The van der Waals surface area contributed by atoms with Crippen LogP contribution < -0.4 is 5.32 Å². The Hall–Kier alpha value is -0.160. The molecule has 1 fully saturated rings. The van der Waals surface area contributed by atoms with Crippen LogP contribution in [-0.2, 0) is 9.84 Å². The van der Waals surface area contributed by atoms with Crippen LogP contribution in [0.3, 0.4) is 0 Å². The van der Waals surface area contributed by atoms with E-state index in [-0.39, 0.29) is 12.2 Å². The molecule has 1 aliphatic rings. The number of nitrogens with one attached hydrogen (secondary N) is 1. The largest absolute Gasteiger partial charge is 0.310 e. The Morgan fingerprint density at radius 2 is 2.00 bits per heavy atom. The fourth-order valence-corrected chi connectivity index (χ4v) is 2.26. The third-order valence-corrected chi connectivity index (χ3v) is 4.65. The van der Waals surface area contributed by atoms with Crippen molar-refractivity contribution in [1.82, 2.24) is 5.32 Å². The molecular weight excluding hydrogens is 193 g/mol. The van der Waals surface area contributed by atoms with Crippen LogP contribution in [0.4, 0.5) is 4.39 Å². The van der Waals surface area contributed by atoms with Gasteiger partial charge in [0.25, 0.3) is 0 Å². The predicted molar refractivity (Wildman–Crippen MR) is 50.2 cm³/mol. The maximum atomic E-state index is 13.4. The number of hydrogen-bond donors (Lipinski definition) is 1. The van der Waals surface area contributed by atoms with E-state index in [4.69, 9.17) is 0 Å².